The molecule has 6 heteroatoms. The van der Waals surface area contributed by atoms with Gasteiger partial charge in [-0.15, -0.1) is 0 Å². The topological polar surface area (TPSA) is 63.7 Å². The summed E-state index contributed by atoms with van der Waals surface area (Å²) in [5.41, 5.74) is 1.64. The van der Waals surface area contributed by atoms with Crippen molar-refractivity contribution >= 4 is 22.6 Å². The van der Waals surface area contributed by atoms with Crippen molar-refractivity contribution in [2.24, 2.45) is 0 Å². The number of nitrogens with one attached hydrogen (secondary N) is 1. The first-order valence-electron chi connectivity index (χ1n) is 8.94. The number of carbonyl (C=O) groups excluding carboxylic acids is 1. The zero-order valence-corrected chi connectivity index (χ0v) is 15.1. The third-order valence-corrected chi connectivity index (χ3v) is 4.63. The summed E-state index contributed by atoms with van der Waals surface area (Å²) in [4.78, 5) is 18.8. The molecule has 1 unspecified atom stereocenters. The van der Waals surface area contributed by atoms with Gasteiger partial charge in [-0.1, -0.05) is 18.2 Å². The van der Waals surface area contributed by atoms with Crippen LogP contribution >= 0.6 is 0 Å². The SMILES string of the molecule is COc1ccc(NC(=O)N2CCC(Oc3ccc4ccccc4n3)C2)cc1. The Hall–Kier alpha value is -3.28. The molecule has 1 aliphatic heterocycles. The minimum absolute atomic E-state index is 0.0553. The van der Waals surface area contributed by atoms with Crippen LogP contribution in [0.15, 0.2) is 60.7 Å². The Morgan fingerprint density at radius 3 is 2.74 bits per heavy atom. The summed E-state index contributed by atoms with van der Waals surface area (Å²) in [5, 5.41) is 3.98. The number of benzene rings is 2. The maximum absolute atomic E-state index is 12.5. The number of urea groups is 1. The van der Waals surface area contributed by atoms with Crippen LogP contribution in [-0.2, 0) is 0 Å². The van der Waals surface area contributed by atoms with E-state index in [1.807, 2.05) is 60.7 Å². The number of nitrogens with zero attached hydrogens (tertiary/aromatic N) is 2. The van der Waals surface area contributed by atoms with Crippen LogP contribution in [0, 0.1) is 0 Å². The van der Waals surface area contributed by atoms with Gasteiger partial charge in [-0.25, -0.2) is 9.78 Å². The molecule has 2 amide bonds. The third-order valence-electron chi connectivity index (χ3n) is 4.63. The number of rotatable bonds is 4. The van der Waals surface area contributed by atoms with Crippen LogP contribution < -0.4 is 14.8 Å². The highest BCUT2D eigenvalue weighted by atomic mass is 16.5. The van der Waals surface area contributed by atoms with Crippen molar-refractivity contribution < 1.29 is 14.3 Å². The number of aromatic nitrogens is 1. The molecule has 0 bridgehead atoms. The van der Waals surface area contributed by atoms with E-state index in [2.05, 4.69) is 10.3 Å². The van der Waals surface area contributed by atoms with E-state index in [0.717, 1.165) is 28.8 Å². The predicted molar refractivity (Wildman–Crippen MR) is 104 cm³/mol. The second-order valence-electron chi connectivity index (χ2n) is 6.48. The standard InChI is InChI=1S/C21H21N3O3/c1-26-17-9-7-16(8-10-17)22-21(25)24-13-12-18(14-24)27-20-11-6-15-4-2-3-5-19(15)23-20/h2-11,18H,12-14H2,1H3,(H,22,25). The van der Waals surface area contributed by atoms with Gasteiger partial charge in [-0.05, 0) is 36.4 Å². The van der Waals surface area contributed by atoms with Crippen molar-refractivity contribution in [3.63, 3.8) is 0 Å². The molecule has 2 aromatic carbocycles. The van der Waals surface area contributed by atoms with Gasteiger partial charge in [0.05, 0.1) is 19.2 Å². The zero-order valence-electron chi connectivity index (χ0n) is 15.1. The first-order chi connectivity index (χ1) is 13.2. The molecule has 0 radical (unpaired) electrons. The fourth-order valence-electron chi connectivity index (χ4n) is 3.17. The molecule has 0 saturated carbocycles. The number of hydrogen-bond acceptors (Lipinski definition) is 4. The molecule has 1 saturated heterocycles. The Balaban J connectivity index is 1.35. The molecule has 1 aliphatic rings. The fourth-order valence-corrected chi connectivity index (χ4v) is 3.17. The van der Waals surface area contributed by atoms with Gasteiger partial charge in [-0.3, -0.25) is 0 Å². The number of carbonyl (C=O) groups is 1. The number of likely N-dealkylation sites (tertiary alicyclic amines) is 1. The highest BCUT2D eigenvalue weighted by molar-refractivity contribution is 5.89. The number of para-hydroxylation sites is 1. The molecule has 1 N–H and O–H groups in total. The number of amides is 2. The van der Waals surface area contributed by atoms with Crippen LogP contribution in [-0.4, -0.2) is 42.2 Å². The predicted octanol–water partition coefficient (Wildman–Crippen LogP) is 3.93. The summed E-state index contributed by atoms with van der Waals surface area (Å²) in [5.74, 6) is 1.35. The summed E-state index contributed by atoms with van der Waals surface area (Å²) in [6, 6.07) is 19.0. The van der Waals surface area contributed by atoms with Gasteiger partial charge in [0.1, 0.15) is 11.9 Å². The minimum atomic E-state index is -0.127. The quantitative estimate of drug-likeness (QED) is 0.763. The smallest absolute Gasteiger partial charge is 0.321 e. The first kappa shape index (κ1) is 17.1. The molecule has 0 aliphatic carbocycles. The lowest BCUT2D eigenvalue weighted by molar-refractivity contribution is 0.190. The lowest BCUT2D eigenvalue weighted by Gasteiger charge is -2.18. The van der Waals surface area contributed by atoms with Crippen LogP contribution in [0.5, 0.6) is 11.6 Å². The lowest BCUT2D eigenvalue weighted by Crippen LogP contribution is -2.34. The van der Waals surface area contributed by atoms with E-state index in [1.165, 1.54) is 0 Å². The first-order valence-corrected chi connectivity index (χ1v) is 8.94. The highest BCUT2D eigenvalue weighted by Gasteiger charge is 2.28. The summed E-state index contributed by atoms with van der Waals surface area (Å²) < 4.78 is 11.1. The van der Waals surface area contributed by atoms with E-state index >= 15 is 0 Å². The Morgan fingerprint density at radius 2 is 1.93 bits per heavy atom. The summed E-state index contributed by atoms with van der Waals surface area (Å²) in [6.45, 7) is 1.19. The molecule has 1 aromatic heterocycles. The molecule has 6 nitrogen and oxygen atoms in total. The summed E-state index contributed by atoms with van der Waals surface area (Å²) in [6.07, 6.45) is 0.727. The molecule has 2 heterocycles. The van der Waals surface area contributed by atoms with Crippen molar-refractivity contribution in [1.29, 1.82) is 0 Å². The zero-order chi connectivity index (χ0) is 18.6. The van der Waals surface area contributed by atoms with Crippen molar-refractivity contribution in [2.75, 3.05) is 25.5 Å². The average molecular weight is 363 g/mol. The van der Waals surface area contributed by atoms with Crippen molar-refractivity contribution in [3.05, 3.63) is 60.7 Å². The number of fused-ring (bicyclic) bond motifs is 1. The number of hydrogen-bond donors (Lipinski definition) is 1. The highest BCUT2D eigenvalue weighted by Crippen LogP contribution is 2.21. The molecular weight excluding hydrogens is 342 g/mol. The van der Waals surface area contributed by atoms with E-state index in [1.54, 1.807) is 12.0 Å². The lowest BCUT2D eigenvalue weighted by atomic mass is 10.2. The summed E-state index contributed by atoms with van der Waals surface area (Å²) in [7, 11) is 1.61. The van der Waals surface area contributed by atoms with Gasteiger partial charge < -0.3 is 19.7 Å². The Labute approximate surface area is 157 Å². The van der Waals surface area contributed by atoms with Crippen molar-refractivity contribution in [1.82, 2.24) is 9.88 Å². The molecule has 1 atom stereocenters. The van der Waals surface area contributed by atoms with Crippen molar-refractivity contribution in [2.45, 2.75) is 12.5 Å². The van der Waals surface area contributed by atoms with Gasteiger partial charge in [-0.2, -0.15) is 0 Å². The van der Waals surface area contributed by atoms with E-state index in [0.29, 0.717) is 19.0 Å². The normalized spacial score (nSPS) is 16.3. The maximum Gasteiger partial charge on any atom is 0.321 e. The van der Waals surface area contributed by atoms with Gasteiger partial charge in [0.25, 0.3) is 0 Å². The molecule has 0 spiro atoms. The molecule has 4 rings (SSSR count). The summed E-state index contributed by atoms with van der Waals surface area (Å²) >= 11 is 0. The van der Waals surface area contributed by atoms with Crippen LogP contribution in [0.25, 0.3) is 10.9 Å². The van der Waals surface area contributed by atoms with Crippen LogP contribution in [0.3, 0.4) is 0 Å². The van der Waals surface area contributed by atoms with Crippen LogP contribution in [0.1, 0.15) is 6.42 Å². The molecule has 27 heavy (non-hydrogen) atoms. The van der Waals surface area contributed by atoms with E-state index < -0.39 is 0 Å². The second-order valence-corrected chi connectivity index (χ2v) is 6.48. The average Bonchev–Trinajstić information content (AvgIpc) is 3.17. The third kappa shape index (κ3) is 3.95. The number of anilines is 1. The van der Waals surface area contributed by atoms with Crippen LogP contribution in [0.4, 0.5) is 10.5 Å². The Kier molecular flexibility index (Phi) is 4.78. The maximum atomic E-state index is 12.5. The molecule has 138 valence electrons. The number of methoxy groups -OCH3 is 1. The number of ether oxygens (including phenoxy) is 2. The molecule has 1 fully saturated rings. The van der Waals surface area contributed by atoms with E-state index in [4.69, 9.17) is 9.47 Å². The monoisotopic (exact) mass is 363 g/mol. The minimum Gasteiger partial charge on any atom is -0.497 e. The number of pyridine rings is 1. The van der Waals surface area contributed by atoms with Gasteiger partial charge in [0.2, 0.25) is 5.88 Å². The van der Waals surface area contributed by atoms with Gasteiger partial charge in [0, 0.05) is 30.1 Å². The largest absolute Gasteiger partial charge is 0.497 e. The second kappa shape index (κ2) is 7.53. The molecule has 3 aromatic rings. The van der Waals surface area contributed by atoms with Gasteiger partial charge in [0.15, 0.2) is 0 Å². The Morgan fingerprint density at radius 1 is 1.11 bits per heavy atom. The van der Waals surface area contributed by atoms with Gasteiger partial charge >= 0.3 is 6.03 Å². The fraction of sp³-hybridized carbons (Fsp3) is 0.238. The van der Waals surface area contributed by atoms with Crippen molar-refractivity contribution in [3.8, 4) is 11.6 Å². The molecular formula is C21H21N3O3. The van der Waals surface area contributed by atoms with E-state index in [9.17, 15) is 4.79 Å². The Bertz CT molecular complexity index is 943. The van der Waals surface area contributed by atoms with Crippen LogP contribution in [0.2, 0.25) is 0 Å². The van der Waals surface area contributed by atoms with E-state index in [-0.39, 0.29) is 12.1 Å².